The Hall–Kier alpha value is -1.65. The van der Waals surface area contributed by atoms with E-state index in [4.69, 9.17) is 51.1 Å². The van der Waals surface area contributed by atoms with E-state index in [2.05, 4.69) is 5.32 Å². The number of hydrogen-bond acceptors (Lipinski definition) is 2. The summed E-state index contributed by atoms with van der Waals surface area (Å²) in [4.78, 5) is 0. The fourth-order valence-electron chi connectivity index (χ4n) is 2.42. The largest absolute Gasteiger partial charge is 0.488 e. The molecule has 0 aliphatic heterocycles. The van der Waals surface area contributed by atoms with Gasteiger partial charge in [0.05, 0.1) is 15.1 Å². The molecule has 140 valence electrons. The predicted octanol–water partition coefficient (Wildman–Crippen LogP) is 7.63. The highest BCUT2D eigenvalue weighted by Crippen LogP contribution is 2.28. The molecule has 0 spiro atoms. The Kier molecular flexibility index (Phi) is 6.72. The Labute approximate surface area is 176 Å². The summed E-state index contributed by atoms with van der Waals surface area (Å²) in [6.45, 7) is 0.672. The van der Waals surface area contributed by atoms with E-state index < -0.39 is 0 Å². The van der Waals surface area contributed by atoms with Crippen LogP contribution < -0.4 is 10.1 Å². The molecule has 0 bridgehead atoms. The van der Waals surface area contributed by atoms with Crippen LogP contribution in [-0.2, 0) is 13.2 Å². The van der Waals surface area contributed by atoms with Gasteiger partial charge >= 0.3 is 0 Å². The molecule has 0 aliphatic carbocycles. The van der Waals surface area contributed by atoms with E-state index >= 15 is 0 Å². The van der Waals surface area contributed by atoms with Crippen LogP contribution in [0.4, 0.5) is 10.1 Å². The maximum Gasteiger partial charge on any atom is 0.124 e. The van der Waals surface area contributed by atoms with Gasteiger partial charge in [-0.3, -0.25) is 0 Å². The third-order valence-electron chi connectivity index (χ3n) is 3.82. The smallest absolute Gasteiger partial charge is 0.124 e. The quantitative estimate of drug-likeness (QED) is 0.421. The number of hydrogen-bond donors (Lipinski definition) is 1. The van der Waals surface area contributed by atoms with E-state index in [0.717, 1.165) is 11.3 Å². The molecule has 1 N–H and O–H groups in total. The molecule has 0 saturated carbocycles. The topological polar surface area (TPSA) is 21.3 Å². The van der Waals surface area contributed by atoms with E-state index in [0.29, 0.717) is 37.9 Å². The van der Waals surface area contributed by atoms with Crippen LogP contribution in [0.5, 0.6) is 5.75 Å². The number of ether oxygens (including phenoxy) is 1. The Morgan fingerprint density at radius 1 is 0.778 bits per heavy atom. The summed E-state index contributed by atoms with van der Waals surface area (Å²) in [5.74, 6) is 0.258. The molecule has 0 fully saturated rings. The van der Waals surface area contributed by atoms with Crippen molar-refractivity contribution >= 4 is 52.1 Å². The standard InChI is InChI=1S/C20H14Cl4FNO/c21-14-2-6-20(27-11-12-1-3-15(25)8-18(12)23)13(7-14)10-26-16-4-5-17(22)19(24)9-16/h1-9,26H,10-11H2. The summed E-state index contributed by atoms with van der Waals surface area (Å²) in [6, 6.07) is 14.8. The zero-order chi connectivity index (χ0) is 19.4. The Balaban J connectivity index is 1.73. The molecule has 0 atom stereocenters. The van der Waals surface area contributed by atoms with Gasteiger partial charge in [0, 0.05) is 28.4 Å². The molecule has 0 saturated heterocycles. The summed E-state index contributed by atoms with van der Waals surface area (Å²) in [5.41, 5.74) is 2.36. The van der Waals surface area contributed by atoms with Crippen molar-refractivity contribution in [3.63, 3.8) is 0 Å². The minimum atomic E-state index is -0.387. The normalized spacial score (nSPS) is 10.7. The molecular formula is C20H14Cl4FNO. The van der Waals surface area contributed by atoms with Gasteiger partial charge in [0.25, 0.3) is 0 Å². The van der Waals surface area contributed by atoms with Gasteiger partial charge in [-0.15, -0.1) is 0 Å². The minimum absolute atomic E-state index is 0.209. The molecule has 0 radical (unpaired) electrons. The Bertz CT molecular complexity index is 965. The lowest BCUT2D eigenvalue weighted by molar-refractivity contribution is 0.303. The second kappa shape index (κ2) is 9.03. The molecule has 0 unspecified atom stereocenters. The maximum atomic E-state index is 13.2. The van der Waals surface area contributed by atoms with Crippen LogP contribution in [0, 0.1) is 5.82 Å². The highest BCUT2D eigenvalue weighted by Gasteiger charge is 2.09. The maximum absolute atomic E-state index is 13.2. The van der Waals surface area contributed by atoms with Crippen LogP contribution in [0.25, 0.3) is 0 Å². The zero-order valence-corrected chi connectivity index (χ0v) is 16.9. The van der Waals surface area contributed by atoms with Crippen molar-refractivity contribution in [3.8, 4) is 5.75 Å². The molecule has 0 amide bonds. The lowest BCUT2D eigenvalue weighted by Gasteiger charge is -2.14. The van der Waals surface area contributed by atoms with Crippen LogP contribution in [0.3, 0.4) is 0 Å². The average Bonchev–Trinajstić information content (AvgIpc) is 2.63. The first-order valence-electron chi connectivity index (χ1n) is 7.96. The molecule has 3 aromatic carbocycles. The fourth-order valence-corrected chi connectivity index (χ4v) is 3.14. The summed E-state index contributed by atoms with van der Waals surface area (Å²) in [5, 5.41) is 5.12. The second-order valence-electron chi connectivity index (χ2n) is 5.76. The molecule has 7 heteroatoms. The third-order valence-corrected chi connectivity index (χ3v) is 5.15. The number of nitrogens with one attached hydrogen (secondary N) is 1. The van der Waals surface area contributed by atoms with E-state index in [-0.39, 0.29) is 12.4 Å². The van der Waals surface area contributed by atoms with E-state index in [1.54, 1.807) is 30.3 Å². The van der Waals surface area contributed by atoms with Crippen molar-refractivity contribution in [2.45, 2.75) is 13.2 Å². The van der Waals surface area contributed by atoms with Crippen molar-refractivity contribution in [1.29, 1.82) is 0 Å². The summed E-state index contributed by atoms with van der Waals surface area (Å²) in [7, 11) is 0. The van der Waals surface area contributed by atoms with Crippen molar-refractivity contribution < 1.29 is 9.13 Å². The summed E-state index contributed by atoms with van der Waals surface area (Å²) < 4.78 is 19.0. The molecule has 0 aromatic heterocycles. The monoisotopic (exact) mass is 443 g/mol. The third kappa shape index (κ3) is 5.43. The molecule has 27 heavy (non-hydrogen) atoms. The van der Waals surface area contributed by atoms with Crippen LogP contribution in [0.2, 0.25) is 20.1 Å². The first-order chi connectivity index (χ1) is 12.9. The zero-order valence-electron chi connectivity index (χ0n) is 13.9. The van der Waals surface area contributed by atoms with Gasteiger partial charge in [-0.05, 0) is 48.5 Å². The second-order valence-corrected chi connectivity index (χ2v) is 7.42. The van der Waals surface area contributed by atoms with Crippen molar-refractivity contribution in [1.82, 2.24) is 0 Å². The van der Waals surface area contributed by atoms with Crippen molar-refractivity contribution in [2.75, 3.05) is 5.32 Å². The summed E-state index contributed by atoms with van der Waals surface area (Å²) in [6.07, 6.45) is 0. The van der Waals surface area contributed by atoms with Crippen LogP contribution >= 0.6 is 46.4 Å². The number of anilines is 1. The highest BCUT2D eigenvalue weighted by atomic mass is 35.5. The Morgan fingerprint density at radius 3 is 2.33 bits per heavy atom. The van der Waals surface area contributed by atoms with Crippen LogP contribution in [0.1, 0.15) is 11.1 Å². The first-order valence-corrected chi connectivity index (χ1v) is 9.47. The van der Waals surface area contributed by atoms with Gasteiger partial charge in [-0.2, -0.15) is 0 Å². The highest BCUT2D eigenvalue weighted by molar-refractivity contribution is 6.42. The van der Waals surface area contributed by atoms with Crippen molar-refractivity contribution in [2.24, 2.45) is 0 Å². The molecule has 3 aromatic rings. The molecule has 0 heterocycles. The number of benzene rings is 3. The lowest BCUT2D eigenvalue weighted by atomic mass is 10.2. The number of halogens is 5. The van der Waals surface area contributed by atoms with Gasteiger partial charge in [-0.25, -0.2) is 4.39 Å². The van der Waals surface area contributed by atoms with Gasteiger partial charge < -0.3 is 10.1 Å². The van der Waals surface area contributed by atoms with Gasteiger partial charge in [0.15, 0.2) is 0 Å². The van der Waals surface area contributed by atoms with Gasteiger partial charge in [0.2, 0.25) is 0 Å². The van der Waals surface area contributed by atoms with Gasteiger partial charge in [-0.1, -0.05) is 52.5 Å². The van der Waals surface area contributed by atoms with Crippen molar-refractivity contribution in [3.05, 3.63) is 91.6 Å². The van der Waals surface area contributed by atoms with E-state index in [1.165, 1.54) is 12.1 Å². The predicted molar refractivity (Wildman–Crippen MR) is 111 cm³/mol. The summed E-state index contributed by atoms with van der Waals surface area (Å²) >= 11 is 24.1. The number of rotatable bonds is 6. The lowest BCUT2D eigenvalue weighted by Crippen LogP contribution is -2.04. The molecule has 0 aliphatic rings. The SMILES string of the molecule is Fc1ccc(COc2ccc(Cl)cc2CNc2ccc(Cl)c(Cl)c2)c(Cl)c1. The average molecular weight is 445 g/mol. The van der Waals surface area contributed by atoms with Gasteiger partial charge in [0.1, 0.15) is 18.2 Å². The van der Waals surface area contributed by atoms with E-state index in [9.17, 15) is 4.39 Å². The van der Waals surface area contributed by atoms with Crippen LogP contribution in [-0.4, -0.2) is 0 Å². The fraction of sp³-hybridized carbons (Fsp3) is 0.100. The Morgan fingerprint density at radius 2 is 1.59 bits per heavy atom. The minimum Gasteiger partial charge on any atom is -0.488 e. The molecule has 2 nitrogen and oxygen atoms in total. The van der Waals surface area contributed by atoms with Crippen LogP contribution in [0.15, 0.2) is 54.6 Å². The molecular weight excluding hydrogens is 431 g/mol. The first kappa shape index (κ1) is 20.1. The molecule has 3 rings (SSSR count). The van der Waals surface area contributed by atoms with E-state index in [1.807, 2.05) is 12.1 Å².